The molecule has 0 aliphatic heterocycles. The molecule has 0 radical (unpaired) electrons. The first-order valence-corrected chi connectivity index (χ1v) is 9.67. The Bertz CT molecular complexity index is 666. The van der Waals surface area contributed by atoms with Crippen LogP contribution >= 0.6 is 24.0 Å². The molecule has 2 aromatic rings. The van der Waals surface area contributed by atoms with Gasteiger partial charge in [0.1, 0.15) is 12.4 Å². The lowest BCUT2D eigenvalue weighted by Gasteiger charge is -2.18. The average molecular weight is 483 g/mol. The van der Waals surface area contributed by atoms with E-state index in [0.717, 1.165) is 37.2 Å². The Morgan fingerprint density at radius 2 is 1.89 bits per heavy atom. The van der Waals surface area contributed by atoms with E-state index < -0.39 is 0 Å². The first kappa shape index (κ1) is 23.5. The Labute approximate surface area is 181 Å². The van der Waals surface area contributed by atoms with Gasteiger partial charge >= 0.3 is 0 Å². The highest BCUT2D eigenvalue weighted by molar-refractivity contribution is 14.0. The largest absolute Gasteiger partial charge is 0.357 e. The number of halogens is 1. The standard InChI is InChI=1S/C21H33N5.HI/c1-5-22-21(25-18(4)12-11-17(2)3)24-15-20-23-13-14-26(20)16-19-9-7-6-8-10-19;/h6-10,13-14,17-18H,5,11-12,15-16H2,1-4H3,(H2,22,24,25);1H. The number of hydrogen-bond donors (Lipinski definition) is 2. The highest BCUT2D eigenvalue weighted by atomic mass is 127. The minimum Gasteiger partial charge on any atom is -0.357 e. The van der Waals surface area contributed by atoms with E-state index in [1.165, 1.54) is 12.0 Å². The molecule has 5 nitrogen and oxygen atoms in total. The molecular formula is C21H34IN5. The van der Waals surface area contributed by atoms with Gasteiger partial charge in [-0.15, -0.1) is 24.0 Å². The van der Waals surface area contributed by atoms with E-state index in [0.29, 0.717) is 12.6 Å². The molecule has 0 saturated carbocycles. The summed E-state index contributed by atoms with van der Waals surface area (Å²) in [6.07, 6.45) is 6.22. The third-order valence-electron chi connectivity index (χ3n) is 4.28. The zero-order valence-electron chi connectivity index (χ0n) is 17.0. The van der Waals surface area contributed by atoms with E-state index in [-0.39, 0.29) is 24.0 Å². The molecule has 0 aliphatic rings. The molecule has 1 heterocycles. The summed E-state index contributed by atoms with van der Waals surface area (Å²) in [4.78, 5) is 9.22. The van der Waals surface area contributed by atoms with Crippen LogP contribution in [0.3, 0.4) is 0 Å². The molecule has 0 spiro atoms. The molecule has 6 heteroatoms. The highest BCUT2D eigenvalue weighted by Crippen LogP contribution is 2.08. The zero-order valence-corrected chi connectivity index (χ0v) is 19.3. The molecule has 0 fully saturated rings. The number of aliphatic imine (C=N–C) groups is 1. The van der Waals surface area contributed by atoms with Crippen LogP contribution in [0.5, 0.6) is 0 Å². The maximum Gasteiger partial charge on any atom is 0.191 e. The summed E-state index contributed by atoms with van der Waals surface area (Å²) in [5.41, 5.74) is 1.27. The van der Waals surface area contributed by atoms with E-state index in [9.17, 15) is 0 Å². The molecule has 2 N–H and O–H groups in total. The average Bonchev–Trinajstić information content (AvgIpc) is 3.06. The van der Waals surface area contributed by atoms with Crippen molar-refractivity contribution in [2.45, 2.75) is 59.7 Å². The van der Waals surface area contributed by atoms with E-state index in [2.05, 4.69) is 72.1 Å². The van der Waals surface area contributed by atoms with Gasteiger partial charge in [0.2, 0.25) is 0 Å². The Morgan fingerprint density at radius 3 is 2.56 bits per heavy atom. The molecule has 1 unspecified atom stereocenters. The summed E-state index contributed by atoms with van der Waals surface area (Å²) in [6.45, 7) is 11.1. The Balaban J connectivity index is 0.00000364. The van der Waals surface area contributed by atoms with Crippen LogP contribution < -0.4 is 10.6 Å². The van der Waals surface area contributed by atoms with Gasteiger partial charge in [0.25, 0.3) is 0 Å². The van der Waals surface area contributed by atoms with Crippen LogP contribution in [0.4, 0.5) is 0 Å². The molecule has 2 rings (SSSR count). The Kier molecular flexibility index (Phi) is 11.1. The van der Waals surface area contributed by atoms with Gasteiger partial charge in [-0.1, -0.05) is 44.2 Å². The summed E-state index contributed by atoms with van der Waals surface area (Å²) in [7, 11) is 0. The zero-order chi connectivity index (χ0) is 18.8. The first-order valence-electron chi connectivity index (χ1n) is 9.67. The smallest absolute Gasteiger partial charge is 0.191 e. The lowest BCUT2D eigenvalue weighted by molar-refractivity contribution is 0.489. The van der Waals surface area contributed by atoms with Crippen molar-refractivity contribution in [2.75, 3.05) is 6.54 Å². The van der Waals surface area contributed by atoms with Crippen LogP contribution in [-0.2, 0) is 13.1 Å². The van der Waals surface area contributed by atoms with Gasteiger partial charge in [-0.2, -0.15) is 0 Å². The summed E-state index contributed by atoms with van der Waals surface area (Å²) in [5.74, 6) is 2.56. The van der Waals surface area contributed by atoms with Crippen LogP contribution in [0, 0.1) is 5.92 Å². The topological polar surface area (TPSA) is 54.2 Å². The van der Waals surface area contributed by atoms with E-state index in [1.54, 1.807) is 0 Å². The molecule has 0 bridgehead atoms. The van der Waals surface area contributed by atoms with Crippen molar-refractivity contribution in [3.8, 4) is 0 Å². The summed E-state index contributed by atoms with van der Waals surface area (Å²) < 4.78 is 2.16. The second kappa shape index (κ2) is 12.8. The molecule has 1 aromatic heterocycles. The van der Waals surface area contributed by atoms with Crippen LogP contribution in [0.25, 0.3) is 0 Å². The summed E-state index contributed by atoms with van der Waals surface area (Å²) in [5, 5.41) is 6.84. The highest BCUT2D eigenvalue weighted by Gasteiger charge is 2.08. The van der Waals surface area contributed by atoms with Gasteiger partial charge in [-0.25, -0.2) is 9.98 Å². The van der Waals surface area contributed by atoms with Gasteiger partial charge < -0.3 is 15.2 Å². The van der Waals surface area contributed by atoms with Gasteiger partial charge in [0, 0.05) is 31.5 Å². The Morgan fingerprint density at radius 1 is 1.15 bits per heavy atom. The number of rotatable bonds is 9. The van der Waals surface area contributed by atoms with Crippen molar-refractivity contribution >= 4 is 29.9 Å². The van der Waals surface area contributed by atoms with E-state index >= 15 is 0 Å². The predicted molar refractivity (Wildman–Crippen MR) is 125 cm³/mol. The third-order valence-corrected chi connectivity index (χ3v) is 4.28. The SMILES string of the molecule is CCNC(=NCc1nccn1Cc1ccccc1)NC(C)CCC(C)C.I. The van der Waals surface area contributed by atoms with Crippen LogP contribution in [0.15, 0.2) is 47.7 Å². The van der Waals surface area contributed by atoms with Gasteiger partial charge in [-0.05, 0) is 38.2 Å². The number of imidazole rings is 1. The van der Waals surface area contributed by atoms with Gasteiger partial charge in [0.15, 0.2) is 5.96 Å². The predicted octanol–water partition coefficient (Wildman–Crippen LogP) is 4.43. The third kappa shape index (κ3) is 8.77. The van der Waals surface area contributed by atoms with E-state index in [4.69, 9.17) is 4.99 Å². The van der Waals surface area contributed by atoms with Crippen molar-refractivity contribution in [2.24, 2.45) is 10.9 Å². The fourth-order valence-electron chi connectivity index (χ4n) is 2.77. The fraction of sp³-hybridized carbons (Fsp3) is 0.524. The van der Waals surface area contributed by atoms with Gasteiger partial charge in [0.05, 0.1) is 0 Å². The summed E-state index contributed by atoms with van der Waals surface area (Å²) in [6, 6.07) is 10.8. The monoisotopic (exact) mass is 483 g/mol. The minimum atomic E-state index is 0. The number of nitrogens with zero attached hydrogens (tertiary/aromatic N) is 3. The van der Waals surface area contributed by atoms with Crippen LogP contribution in [0.2, 0.25) is 0 Å². The quantitative estimate of drug-likeness (QED) is 0.315. The molecule has 1 atom stereocenters. The van der Waals surface area contributed by atoms with Crippen LogP contribution in [-0.4, -0.2) is 28.1 Å². The number of benzene rings is 1. The Hall–Kier alpha value is -1.57. The lowest BCUT2D eigenvalue weighted by Crippen LogP contribution is -2.42. The second-order valence-electron chi connectivity index (χ2n) is 7.17. The maximum atomic E-state index is 4.74. The normalized spacial score (nSPS) is 12.6. The number of guanidine groups is 1. The molecule has 0 aliphatic carbocycles. The lowest BCUT2D eigenvalue weighted by atomic mass is 10.0. The molecule has 0 amide bonds. The fourth-order valence-corrected chi connectivity index (χ4v) is 2.77. The van der Waals surface area contributed by atoms with Crippen molar-refractivity contribution in [1.82, 2.24) is 20.2 Å². The maximum absolute atomic E-state index is 4.74. The minimum absolute atomic E-state index is 0. The number of nitrogens with one attached hydrogen (secondary N) is 2. The molecule has 27 heavy (non-hydrogen) atoms. The number of hydrogen-bond acceptors (Lipinski definition) is 2. The van der Waals surface area contributed by atoms with Crippen molar-refractivity contribution in [1.29, 1.82) is 0 Å². The molecular weight excluding hydrogens is 449 g/mol. The molecule has 150 valence electrons. The van der Waals surface area contributed by atoms with Crippen molar-refractivity contribution in [3.05, 3.63) is 54.1 Å². The van der Waals surface area contributed by atoms with Crippen LogP contribution in [0.1, 0.15) is 51.9 Å². The second-order valence-corrected chi connectivity index (χ2v) is 7.17. The first-order chi connectivity index (χ1) is 12.6. The van der Waals surface area contributed by atoms with E-state index in [1.807, 2.05) is 18.5 Å². The van der Waals surface area contributed by atoms with Gasteiger partial charge in [-0.3, -0.25) is 0 Å². The van der Waals surface area contributed by atoms with Crippen molar-refractivity contribution < 1.29 is 0 Å². The van der Waals surface area contributed by atoms with Crippen molar-refractivity contribution in [3.63, 3.8) is 0 Å². The number of aromatic nitrogens is 2. The molecule has 0 saturated heterocycles. The molecule has 1 aromatic carbocycles. The summed E-state index contributed by atoms with van der Waals surface area (Å²) >= 11 is 0.